The highest BCUT2D eigenvalue weighted by molar-refractivity contribution is 6.01. The van der Waals surface area contributed by atoms with Crippen LogP contribution in [-0.2, 0) is 0 Å². The number of allylic oxidation sites excluding steroid dienone is 5. The third-order valence-corrected chi connectivity index (χ3v) is 4.84. The van der Waals surface area contributed by atoms with Crippen LogP contribution in [0.4, 0.5) is 0 Å². The van der Waals surface area contributed by atoms with E-state index in [0.717, 1.165) is 36.1 Å². The van der Waals surface area contributed by atoms with Gasteiger partial charge in [-0.2, -0.15) is 0 Å². The van der Waals surface area contributed by atoms with Gasteiger partial charge in [-0.25, -0.2) is 0 Å². The van der Waals surface area contributed by atoms with Crippen molar-refractivity contribution in [3.8, 4) is 11.1 Å². The van der Waals surface area contributed by atoms with E-state index < -0.39 is 0 Å². The summed E-state index contributed by atoms with van der Waals surface area (Å²) in [5.41, 5.74) is 6.52. The first-order valence-electron chi connectivity index (χ1n) is 8.86. The SMILES string of the molecule is O=C(NC1=CC2=C(C=CC1)CCC2)c1ccccc1-c1ccccc1. The maximum atomic E-state index is 12.9. The standard InChI is InChI=1S/C23H21NO/c25-23(24-20-13-7-11-17-10-6-12-19(17)16-20)22-15-5-4-14-21(22)18-8-2-1-3-9-18/h1-5,7-9,11,14-16H,6,10,12-13H2,(H,24,25). The van der Waals surface area contributed by atoms with Crippen LogP contribution < -0.4 is 5.32 Å². The second-order valence-corrected chi connectivity index (χ2v) is 6.55. The maximum absolute atomic E-state index is 12.9. The fourth-order valence-electron chi connectivity index (χ4n) is 3.59. The van der Waals surface area contributed by atoms with Crippen molar-refractivity contribution >= 4 is 5.91 Å². The normalized spacial score (nSPS) is 16.2. The molecule has 2 heteroatoms. The number of rotatable bonds is 3. The Morgan fingerprint density at radius 3 is 2.52 bits per heavy atom. The van der Waals surface area contributed by atoms with Crippen LogP contribution in [0, 0.1) is 0 Å². The van der Waals surface area contributed by atoms with E-state index in [-0.39, 0.29) is 5.91 Å². The zero-order valence-corrected chi connectivity index (χ0v) is 14.2. The third kappa shape index (κ3) is 3.34. The summed E-state index contributed by atoms with van der Waals surface area (Å²) in [5.74, 6) is -0.0406. The van der Waals surface area contributed by atoms with Crippen LogP contribution in [0.1, 0.15) is 36.0 Å². The second-order valence-electron chi connectivity index (χ2n) is 6.55. The molecule has 25 heavy (non-hydrogen) atoms. The van der Waals surface area contributed by atoms with Crippen LogP contribution in [0.5, 0.6) is 0 Å². The van der Waals surface area contributed by atoms with Gasteiger partial charge in [0.15, 0.2) is 0 Å². The summed E-state index contributed by atoms with van der Waals surface area (Å²) in [6.45, 7) is 0. The van der Waals surface area contributed by atoms with Gasteiger partial charge < -0.3 is 5.32 Å². The fourth-order valence-corrected chi connectivity index (χ4v) is 3.59. The zero-order chi connectivity index (χ0) is 17.1. The maximum Gasteiger partial charge on any atom is 0.256 e. The lowest BCUT2D eigenvalue weighted by Gasteiger charge is -2.12. The molecule has 2 aliphatic rings. The molecular weight excluding hydrogens is 306 g/mol. The van der Waals surface area contributed by atoms with Crippen LogP contribution in [0.2, 0.25) is 0 Å². The molecule has 0 bridgehead atoms. The Hall–Kier alpha value is -2.87. The minimum Gasteiger partial charge on any atom is -0.325 e. The highest BCUT2D eigenvalue weighted by Crippen LogP contribution is 2.31. The summed E-state index contributed by atoms with van der Waals surface area (Å²) in [5, 5.41) is 3.13. The summed E-state index contributed by atoms with van der Waals surface area (Å²) in [6, 6.07) is 17.8. The van der Waals surface area contributed by atoms with Crippen molar-refractivity contribution in [3.05, 3.63) is 95.2 Å². The Morgan fingerprint density at radius 2 is 1.64 bits per heavy atom. The summed E-state index contributed by atoms with van der Waals surface area (Å²) >= 11 is 0. The number of carbonyl (C=O) groups excluding carboxylic acids is 1. The van der Waals surface area contributed by atoms with Crippen molar-refractivity contribution in [1.29, 1.82) is 0 Å². The molecule has 0 aliphatic heterocycles. The lowest BCUT2D eigenvalue weighted by molar-refractivity contribution is 0.0966. The molecule has 0 radical (unpaired) electrons. The molecule has 2 aliphatic carbocycles. The molecule has 4 rings (SSSR count). The first kappa shape index (κ1) is 15.6. The van der Waals surface area contributed by atoms with Crippen molar-refractivity contribution in [1.82, 2.24) is 5.32 Å². The van der Waals surface area contributed by atoms with Crippen molar-refractivity contribution in [2.75, 3.05) is 0 Å². The first-order chi connectivity index (χ1) is 12.3. The van der Waals surface area contributed by atoms with Gasteiger partial charge in [-0.15, -0.1) is 0 Å². The Labute approximate surface area is 148 Å². The van der Waals surface area contributed by atoms with Gasteiger partial charge in [0, 0.05) is 17.7 Å². The van der Waals surface area contributed by atoms with Gasteiger partial charge in [-0.1, -0.05) is 60.7 Å². The number of amides is 1. The molecule has 0 aromatic heterocycles. The molecule has 0 saturated heterocycles. The molecule has 0 heterocycles. The van der Waals surface area contributed by atoms with E-state index in [9.17, 15) is 4.79 Å². The van der Waals surface area contributed by atoms with Crippen molar-refractivity contribution in [2.45, 2.75) is 25.7 Å². The molecule has 1 N–H and O–H groups in total. The quantitative estimate of drug-likeness (QED) is 0.802. The summed E-state index contributed by atoms with van der Waals surface area (Å²) in [6.07, 6.45) is 10.8. The predicted octanol–water partition coefficient (Wildman–Crippen LogP) is 5.41. The van der Waals surface area contributed by atoms with Gasteiger partial charge in [0.05, 0.1) is 0 Å². The topological polar surface area (TPSA) is 29.1 Å². The Morgan fingerprint density at radius 1 is 0.880 bits per heavy atom. The van der Waals surface area contributed by atoms with Crippen molar-refractivity contribution in [3.63, 3.8) is 0 Å². The molecule has 2 nitrogen and oxygen atoms in total. The fraction of sp³-hybridized carbons (Fsp3) is 0.174. The number of nitrogens with one attached hydrogen (secondary N) is 1. The van der Waals surface area contributed by atoms with Gasteiger partial charge in [0.2, 0.25) is 0 Å². The largest absolute Gasteiger partial charge is 0.325 e. The van der Waals surface area contributed by atoms with Gasteiger partial charge in [0.1, 0.15) is 0 Å². The third-order valence-electron chi connectivity index (χ3n) is 4.84. The van der Waals surface area contributed by atoms with Crippen LogP contribution >= 0.6 is 0 Å². The van der Waals surface area contributed by atoms with E-state index in [1.54, 1.807) is 0 Å². The molecule has 124 valence electrons. The summed E-state index contributed by atoms with van der Waals surface area (Å²) in [7, 11) is 0. The number of benzene rings is 2. The predicted molar refractivity (Wildman–Crippen MR) is 102 cm³/mol. The molecule has 0 saturated carbocycles. The van der Waals surface area contributed by atoms with E-state index in [4.69, 9.17) is 0 Å². The first-order valence-corrected chi connectivity index (χ1v) is 8.86. The summed E-state index contributed by atoms with van der Waals surface area (Å²) in [4.78, 5) is 12.9. The van der Waals surface area contributed by atoms with Crippen LogP contribution in [0.3, 0.4) is 0 Å². The molecule has 0 fully saturated rings. The monoisotopic (exact) mass is 327 g/mol. The van der Waals surface area contributed by atoms with E-state index >= 15 is 0 Å². The average Bonchev–Trinajstić information content (AvgIpc) is 3.00. The van der Waals surface area contributed by atoms with Gasteiger partial charge in [-0.3, -0.25) is 4.79 Å². The molecule has 0 unspecified atom stereocenters. The van der Waals surface area contributed by atoms with Gasteiger partial charge in [-0.05, 0) is 53.7 Å². The van der Waals surface area contributed by atoms with Crippen molar-refractivity contribution in [2.24, 2.45) is 0 Å². The van der Waals surface area contributed by atoms with E-state index in [2.05, 4.69) is 23.5 Å². The van der Waals surface area contributed by atoms with E-state index in [0.29, 0.717) is 5.56 Å². The number of hydrogen-bond acceptors (Lipinski definition) is 1. The Kier molecular flexibility index (Phi) is 4.34. The molecule has 0 atom stereocenters. The van der Waals surface area contributed by atoms with Crippen molar-refractivity contribution < 1.29 is 4.79 Å². The minimum atomic E-state index is -0.0406. The Balaban J connectivity index is 1.62. The molecule has 1 amide bonds. The lowest BCUT2D eigenvalue weighted by atomic mass is 9.99. The summed E-state index contributed by atoms with van der Waals surface area (Å²) < 4.78 is 0. The zero-order valence-electron chi connectivity index (χ0n) is 14.2. The van der Waals surface area contributed by atoms with Crippen LogP contribution in [0.25, 0.3) is 11.1 Å². The van der Waals surface area contributed by atoms with E-state index in [1.165, 1.54) is 17.6 Å². The second kappa shape index (κ2) is 6.94. The number of hydrogen-bond donors (Lipinski definition) is 1. The van der Waals surface area contributed by atoms with Crippen LogP contribution in [0.15, 0.2) is 89.7 Å². The Bertz CT molecular complexity index is 887. The molecular formula is C23H21NO. The molecule has 0 spiro atoms. The highest BCUT2D eigenvalue weighted by atomic mass is 16.1. The van der Waals surface area contributed by atoms with Gasteiger partial charge in [0.25, 0.3) is 5.91 Å². The highest BCUT2D eigenvalue weighted by Gasteiger charge is 2.16. The minimum absolute atomic E-state index is 0.0406. The average molecular weight is 327 g/mol. The smallest absolute Gasteiger partial charge is 0.256 e. The molecule has 2 aromatic carbocycles. The van der Waals surface area contributed by atoms with Crippen LogP contribution in [-0.4, -0.2) is 5.91 Å². The molecule has 2 aromatic rings. The number of carbonyl (C=O) groups is 1. The van der Waals surface area contributed by atoms with E-state index in [1.807, 2.05) is 54.6 Å². The lowest BCUT2D eigenvalue weighted by Crippen LogP contribution is -2.23. The van der Waals surface area contributed by atoms with Gasteiger partial charge >= 0.3 is 0 Å².